The smallest absolute Gasteiger partial charge is 0.119 e. The SMILES string of the molecule is CCCOc1ccccc1.CCCc1ccccc1. The van der Waals surface area contributed by atoms with E-state index in [0.717, 1.165) is 18.8 Å². The Kier molecular flexibility index (Phi) is 8.20. The molecule has 0 fully saturated rings. The molecular weight excluding hydrogens is 232 g/mol. The van der Waals surface area contributed by atoms with Crippen LogP contribution in [0, 0.1) is 0 Å². The summed E-state index contributed by atoms with van der Waals surface area (Å²) in [4.78, 5) is 0. The van der Waals surface area contributed by atoms with Crippen LogP contribution in [0.5, 0.6) is 5.75 Å². The second-order valence-corrected chi connectivity index (χ2v) is 4.40. The van der Waals surface area contributed by atoms with Crippen LogP contribution in [0.15, 0.2) is 60.7 Å². The summed E-state index contributed by atoms with van der Waals surface area (Å²) in [6, 6.07) is 20.4. The van der Waals surface area contributed by atoms with Crippen molar-refractivity contribution in [3.8, 4) is 5.75 Å². The summed E-state index contributed by atoms with van der Waals surface area (Å²) in [5, 5.41) is 0. The molecule has 0 saturated carbocycles. The maximum atomic E-state index is 5.36. The summed E-state index contributed by atoms with van der Waals surface area (Å²) < 4.78 is 5.36. The van der Waals surface area contributed by atoms with E-state index in [1.165, 1.54) is 18.4 Å². The number of hydrogen-bond donors (Lipinski definition) is 0. The molecule has 0 saturated heterocycles. The number of hydrogen-bond acceptors (Lipinski definition) is 1. The summed E-state index contributed by atoms with van der Waals surface area (Å²) in [6.45, 7) is 5.11. The molecule has 0 atom stereocenters. The largest absolute Gasteiger partial charge is 0.494 e. The Labute approximate surface area is 117 Å². The molecule has 19 heavy (non-hydrogen) atoms. The average molecular weight is 256 g/mol. The summed E-state index contributed by atoms with van der Waals surface area (Å²) >= 11 is 0. The molecule has 102 valence electrons. The van der Waals surface area contributed by atoms with E-state index in [-0.39, 0.29) is 0 Å². The van der Waals surface area contributed by atoms with Crippen molar-refractivity contribution in [1.29, 1.82) is 0 Å². The first-order valence-electron chi connectivity index (χ1n) is 7.08. The van der Waals surface area contributed by atoms with Crippen molar-refractivity contribution < 1.29 is 4.74 Å². The van der Waals surface area contributed by atoms with Crippen molar-refractivity contribution in [3.63, 3.8) is 0 Å². The predicted molar refractivity (Wildman–Crippen MR) is 82.7 cm³/mol. The van der Waals surface area contributed by atoms with E-state index in [9.17, 15) is 0 Å². The van der Waals surface area contributed by atoms with Gasteiger partial charge in [-0.2, -0.15) is 0 Å². The average Bonchev–Trinajstić information content (AvgIpc) is 2.48. The van der Waals surface area contributed by atoms with E-state index in [4.69, 9.17) is 4.74 Å². The topological polar surface area (TPSA) is 9.23 Å². The molecular formula is C18H24O. The van der Waals surface area contributed by atoms with E-state index in [1.54, 1.807) is 0 Å². The number of para-hydroxylation sites is 1. The van der Waals surface area contributed by atoms with Gasteiger partial charge in [-0.1, -0.05) is 68.8 Å². The van der Waals surface area contributed by atoms with Crippen LogP contribution in [0.25, 0.3) is 0 Å². The molecule has 2 aromatic rings. The maximum Gasteiger partial charge on any atom is 0.119 e. The van der Waals surface area contributed by atoms with Gasteiger partial charge in [0, 0.05) is 0 Å². The van der Waals surface area contributed by atoms with Crippen molar-refractivity contribution in [2.75, 3.05) is 6.61 Å². The summed E-state index contributed by atoms with van der Waals surface area (Å²) in [5.74, 6) is 0.962. The molecule has 0 aliphatic carbocycles. The highest BCUT2D eigenvalue weighted by molar-refractivity contribution is 5.20. The molecule has 0 aliphatic rings. The van der Waals surface area contributed by atoms with Gasteiger partial charge < -0.3 is 4.74 Å². The molecule has 2 rings (SSSR count). The van der Waals surface area contributed by atoms with Gasteiger partial charge in [0.1, 0.15) is 5.75 Å². The van der Waals surface area contributed by atoms with Crippen molar-refractivity contribution >= 4 is 0 Å². The van der Waals surface area contributed by atoms with E-state index in [1.807, 2.05) is 30.3 Å². The van der Waals surface area contributed by atoms with Crippen LogP contribution in [0.4, 0.5) is 0 Å². The fourth-order valence-corrected chi connectivity index (χ4v) is 1.67. The first-order chi connectivity index (χ1) is 9.36. The lowest BCUT2D eigenvalue weighted by Gasteiger charge is -2.01. The minimum atomic E-state index is 0.810. The Bertz CT molecular complexity index is 408. The van der Waals surface area contributed by atoms with Gasteiger partial charge in [-0.25, -0.2) is 0 Å². The van der Waals surface area contributed by atoms with Crippen LogP contribution < -0.4 is 4.74 Å². The van der Waals surface area contributed by atoms with Gasteiger partial charge in [0.2, 0.25) is 0 Å². The molecule has 0 heterocycles. The molecule has 1 nitrogen and oxygen atoms in total. The lowest BCUT2D eigenvalue weighted by molar-refractivity contribution is 0.317. The lowest BCUT2D eigenvalue weighted by Crippen LogP contribution is -1.93. The normalized spacial score (nSPS) is 9.37. The molecule has 0 amide bonds. The molecule has 0 bridgehead atoms. The standard InChI is InChI=1S/C9H12O.C9H12/c1-2-8-10-9-6-4-3-5-7-9;1-2-6-9-7-4-3-5-8-9/h3-7H,2,8H2,1H3;3-5,7-8H,2,6H2,1H3. The van der Waals surface area contributed by atoms with Gasteiger partial charge in [0.05, 0.1) is 6.61 Å². The van der Waals surface area contributed by atoms with E-state index in [0.29, 0.717) is 0 Å². The fraction of sp³-hybridized carbons (Fsp3) is 0.333. The molecule has 0 aromatic heterocycles. The van der Waals surface area contributed by atoms with Gasteiger partial charge in [0.25, 0.3) is 0 Å². The third-order valence-electron chi connectivity index (χ3n) is 2.60. The summed E-state index contributed by atoms with van der Waals surface area (Å²) in [6.07, 6.45) is 3.51. The van der Waals surface area contributed by atoms with Gasteiger partial charge in [-0.05, 0) is 30.5 Å². The lowest BCUT2D eigenvalue weighted by atomic mass is 10.1. The second-order valence-electron chi connectivity index (χ2n) is 4.40. The van der Waals surface area contributed by atoms with Crippen molar-refractivity contribution in [1.82, 2.24) is 0 Å². The van der Waals surface area contributed by atoms with E-state index in [2.05, 4.69) is 44.2 Å². The van der Waals surface area contributed by atoms with Gasteiger partial charge in [-0.15, -0.1) is 0 Å². The summed E-state index contributed by atoms with van der Waals surface area (Å²) in [7, 11) is 0. The monoisotopic (exact) mass is 256 g/mol. The molecule has 1 heteroatoms. The first kappa shape index (κ1) is 15.3. The van der Waals surface area contributed by atoms with Crippen LogP contribution >= 0.6 is 0 Å². The van der Waals surface area contributed by atoms with E-state index >= 15 is 0 Å². The highest BCUT2D eigenvalue weighted by Crippen LogP contribution is 2.07. The van der Waals surface area contributed by atoms with Crippen LogP contribution in [-0.4, -0.2) is 6.61 Å². The van der Waals surface area contributed by atoms with E-state index < -0.39 is 0 Å². The van der Waals surface area contributed by atoms with Crippen molar-refractivity contribution in [3.05, 3.63) is 66.2 Å². The Balaban J connectivity index is 0.000000191. The number of benzene rings is 2. The zero-order valence-corrected chi connectivity index (χ0v) is 12.0. The highest BCUT2D eigenvalue weighted by Gasteiger charge is 1.86. The summed E-state index contributed by atoms with van der Waals surface area (Å²) in [5.41, 5.74) is 1.44. The molecule has 0 spiro atoms. The predicted octanol–water partition coefficient (Wildman–Crippen LogP) is 5.11. The maximum absolute atomic E-state index is 5.36. The Morgan fingerprint density at radius 3 is 1.84 bits per heavy atom. The zero-order valence-electron chi connectivity index (χ0n) is 12.0. The number of rotatable bonds is 5. The van der Waals surface area contributed by atoms with Crippen LogP contribution in [-0.2, 0) is 6.42 Å². The minimum absolute atomic E-state index is 0.810. The third kappa shape index (κ3) is 7.30. The number of aryl methyl sites for hydroxylation is 1. The van der Waals surface area contributed by atoms with Gasteiger partial charge in [0.15, 0.2) is 0 Å². The zero-order chi connectivity index (χ0) is 13.8. The van der Waals surface area contributed by atoms with Crippen LogP contribution in [0.3, 0.4) is 0 Å². The Morgan fingerprint density at radius 1 is 0.737 bits per heavy atom. The molecule has 0 aliphatic heterocycles. The first-order valence-corrected chi connectivity index (χ1v) is 7.08. The van der Waals surface area contributed by atoms with Crippen LogP contribution in [0.2, 0.25) is 0 Å². The van der Waals surface area contributed by atoms with Gasteiger partial charge >= 0.3 is 0 Å². The third-order valence-corrected chi connectivity index (χ3v) is 2.60. The van der Waals surface area contributed by atoms with Gasteiger partial charge in [-0.3, -0.25) is 0 Å². The number of ether oxygens (including phenoxy) is 1. The fourth-order valence-electron chi connectivity index (χ4n) is 1.67. The van der Waals surface area contributed by atoms with Crippen LogP contribution in [0.1, 0.15) is 32.3 Å². The highest BCUT2D eigenvalue weighted by atomic mass is 16.5. The minimum Gasteiger partial charge on any atom is -0.494 e. The Hall–Kier alpha value is -1.76. The molecule has 0 unspecified atom stereocenters. The second kappa shape index (κ2) is 10.2. The molecule has 2 aromatic carbocycles. The molecule has 0 N–H and O–H groups in total. The quantitative estimate of drug-likeness (QED) is 0.722. The van der Waals surface area contributed by atoms with Crippen molar-refractivity contribution in [2.24, 2.45) is 0 Å². The molecule has 0 radical (unpaired) electrons. The Morgan fingerprint density at radius 2 is 1.32 bits per heavy atom. The van der Waals surface area contributed by atoms with Crippen molar-refractivity contribution in [2.45, 2.75) is 33.1 Å².